The van der Waals surface area contributed by atoms with Gasteiger partial charge < -0.3 is 10.6 Å². The van der Waals surface area contributed by atoms with Crippen LogP contribution in [-0.4, -0.2) is 40.8 Å². The van der Waals surface area contributed by atoms with Gasteiger partial charge in [0.05, 0.1) is 0 Å². The van der Waals surface area contributed by atoms with Gasteiger partial charge in [0, 0.05) is 44.6 Å². The first kappa shape index (κ1) is 18.1. The Morgan fingerprint density at radius 3 is 2.35 bits per heavy atom. The van der Waals surface area contributed by atoms with Crippen molar-refractivity contribution < 1.29 is 9.59 Å². The van der Waals surface area contributed by atoms with Crippen molar-refractivity contribution in [1.82, 2.24) is 20.5 Å². The van der Waals surface area contributed by atoms with Gasteiger partial charge in [-0.05, 0) is 36.1 Å². The topological polar surface area (TPSA) is 74.3 Å². The molecule has 6 heteroatoms. The number of nitrogens with zero attached hydrogens (tertiary/aromatic N) is 2. The molecular formula is C20H24N4O2. The summed E-state index contributed by atoms with van der Waals surface area (Å²) in [5.41, 5.74) is 2.21. The molecule has 1 aliphatic rings. The zero-order chi connectivity index (χ0) is 18.2. The standard InChI is InChI=1S/C20H24N4O2/c25-19(22-14-16-6-10-21-11-7-16)20(26)23-18-8-12-24(13-9-18)15-17-4-2-1-3-5-17/h1-7,10-11,18H,8-9,12-15H2,(H,22,25)(H,23,26). The summed E-state index contributed by atoms with van der Waals surface area (Å²) >= 11 is 0. The summed E-state index contributed by atoms with van der Waals surface area (Å²) in [5.74, 6) is -1.14. The predicted molar refractivity (Wildman–Crippen MR) is 99.0 cm³/mol. The van der Waals surface area contributed by atoms with Gasteiger partial charge in [0.25, 0.3) is 0 Å². The lowest BCUT2D eigenvalue weighted by molar-refractivity contribution is -0.139. The minimum atomic E-state index is -0.589. The van der Waals surface area contributed by atoms with Crippen molar-refractivity contribution in [2.75, 3.05) is 13.1 Å². The highest BCUT2D eigenvalue weighted by Gasteiger charge is 2.23. The first-order valence-corrected chi connectivity index (χ1v) is 8.94. The van der Waals surface area contributed by atoms with E-state index in [9.17, 15) is 9.59 Å². The van der Waals surface area contributed by atoms with Crippen LogP contribution < -0.4 is 10.6 Å². The largest absolute Gasteiger partial charge is 0.345 e. The molecule has 2 N–H and O–H groups in total. The van der Waals surface area contributed by atoms with Crippen LogP contribution in [0.25, 0.3) is 0 Å². The molecule has 1 fully saturated rings. The third-order valence-electron chi connectivity index (χ3n) is 4.58. The highest BCUT2D eigenvalue weighted by molar-refractivity contribution is 6.35. The van der Waals surface area contributed by atoms with E-state index in [-0.39, 0.29) is 6.04 Å². The van der Waals surface area contributed by atoms with E-state index in [1.807, 2.05) is 18.2 Å². The number of piperidine rings is 1. The zero-order valence-electron chi connectivity index (χ0n) is 14.7. The van der Waals surface area contributed by atoms with Crippen LogP contribution in [0.15, 0.2) is 54.9 Å². The Kier molecular flexibility index (Phi) is 6.33. The third kappa shape index (κ3) is 5.39. The summed E-state index contributed by atoms with van der Waals surface area (Å²) in [6.07, 6.45) is 5.03. The number of likely N-dealkylation sites (tertiary alicyclic amines) is 1. The van der Waals surface area contributed by atoms with E-state index >= 15 is 0 Å². The maximum Gasteiger partial charge on any atom is 0.309 e. The molecule has 26 heavy (non-hydrogen) atoms. The SMILES string of the molecule is O=C(NCc1ccncc1)C(=O)NC1CCN(Cc2ccccc2)CC1. The van der Waals surface area contributed by atoms with Gasteiger partial charge in [-0.1, -0.05) is 30.3 Å². The molecule has 0 saturated carbocycles. The number of amides is 2. The molecule has 2 heterocycles. The number of carbonyl (C=O) groups is 2. The second kappa shape index (κ2) is 9.10. The van der Waals surface area contributed by atoms with Crippen LogP contribution in [0.1, 0.15) is 24.0 Å². The highest BCUT2D eigenvalue weighted by atomic mass is 16.2. The number of nitrogens with one attached hydrogen (secondary N) is 2. The fourth-order valence-electron chi connectivity index (χ4n) is 3.09. The monoisotopic (exact) mass is 352 g/mol. The maximum atomic E-state index is 12.1. The van der Waals surface area contributed by atoms with Crippen LogP contribution >= 0.6 is 0 Å². The van der Waals surface area contributed by atoms with Gasteiger partial charge >= 0.3 is 11.8 Å². The van der Waals surface area contributed by atoms with Crippen molar-refractivity contribution in [2.45, 2.75) is 32.0 Å². The van der Waals surface area contributed by atoms with E-state index in [4.69, 9.17) is 0 Å². The molecule has 0 radical (unpaired) electrons. The van der Waals surface area contributed by atoms with Gasteiger partial charge in [-0.2, -0.15) is 0 Å². The van der Waals surface area contributed by atoms with Gasteiger partial charge in [0.2, 0.25) is 0 Å². The van der Waals surface area contributed by atoms with Crippen molar-refractivity contribution in [3.05, 3.63) is 66.0 Å². The van der Waals surface area contributed by atoms with Crippen molar-refractivity contribution >= 4 is 11.8 Å². The van der Waals surface area contributed by atoms with E-state index < -0.39 is 11.8 Å². The summed E-state index contributed by atoms with van der Waals surface area (Å²) in [7, 11) is 0. The van der Waals surface area contributed by atoms with Crippen LogP contribution in [0.2, 0.25) is 0 Å². The molecular weight excluding hydrogens is 328 g/mol. The maximum absolute atomic E-state index is 12.1. The molecule has 136 valence electrons. The minimum absolute atomic E-state index is 0.0567. The van der Waals surface area contributed by atoms with Crippen LogP contribution in [0, 0.1) is 0 Å². The van der Waals surface area contributed by atoms with Gasteiger partial charge in [-0.3, -0.25) is 19.5 Å². The van der Waals surface area contributed by atoms with E-state index in [0.29, 0.717) is 6.54 Å². The molecule has 0 unspecified atom stereocenters. The van der Waals surface area contributed by atoms with Gasteiger partial charge in [0.15, 0.2) is 0 Å². The zero-order valence-corrected chi connectivity index (χ0v) is 14.7. The molecule has 1 saturated heterocycles. The lowest BCUT2D eigenvalue weighted by Gasteiger charge is -2.32. The fraction of sp³-hybridized carbons (Fsp3) is 0.350. The van der Waals surface area contributed by atoms with Crippen molar-refractivity contribution in [2.24, 2.45) is 0 Å². The number of carbonyl (C=O) groups excluding carboxylic acids is 2. The summed E-state index contributed by atoms with van der Waals surface area (Å²) in [4.78, 5) is 30.3. The number of rotatable bonds is 5. The molecule has 2 aromatic rings. The lowest BCUT2D eigenvalue weighted by atomic mass is 10.0. The predicted octanol–water partition coefficient (Wildman–Crippen LogP) is 1.48. The Morgan fingerprint density at radius 2 is 1.65 bits per heavy atom. The molecule has 0 spiro atoms. The summed E-state index contributed by atoms with van der Waals surface area (Å²) in [5, 5.41) is 5.49. The Morgan fingerprint density at radius 1 is 0.962 bits per heavy atom. The molecule has 6 nitrogen and oxygen atoms in total. The molecule has 0 atom stereocenters. The number of hydrogen-bond acceptors (Lipinski definition) is 4. The summed E-state index contributed by atoms with van der Waals surface area (Å²) < 4.78 is 0. The second-order valence-corrected chi connectivity index (χ2v) is 6.55. The molecule has 2 amide bonds. The number of aromatic nitrogens is 1. The summed E-state index contributed by atoms with van der Waals surface area (Å²) in [6, 6.07) is 14.0. The van der Waals surface area contributed by atoms with Crippen molar-refractivity contribution in [3.8, 4) is 0 Å². The number of pyridine rings is 1. The average Bonchev–Trinajstić information content (AvgIpc) is 2.69. The van der Waals surface area contributed by atoms with Crippen LogP contribution in [0.5, 0.6) is 0 Å². The van der Waals surface area contributed by atoms with Crippen LogP contribution in [-0.2, 0) is 22.7 Å². The minimum Gasteiger partial charge on any atom is -0.345 e. The Balaban J connectivity index is 1.38. The van der Waals surface area contributed by atoms with Crippen molar-refractivity contribution in [3.63, 3.8) is 0 Å². The summed E-state index contributed by atoms with van der Waals surface area (Å²) in [6.45, 7) is 3.08. The number of benzene rings is 1. The van der Waals surface area contributed by atoms with Crippen molar-refractivity contribution in [1.29, 1.82) is 0 Å². The Labute approximate surface area is 153 Å². The molecule has 3 rings (SSSR count). The van der Waals surface area contributed by atoms with E-state index in [1.54, 1.807) is 24.5 Å². The van der Waals surface area contributed by atoms with Crippen LogP contribution in [0.3, 0.4) is 0 Å². The quantitative estimate of drug-likeness (QED) is 0.800. The molecule has 1 aromatic heterocycles. The fourth-order valence-corrected chi connectivity index (χ4v) is 3.09. The van der Waals surface area contributed by atoms with E-state index in [0.717, 1.165) is 38.0 Å². The molecule has 0 bridgehead atoms. The van der Waals surface area contributed by atoms with Gasteiger partial charge in [0.1, 0.15) is 0 Å². The highest BCUT2D eigenvalue weighted by Crippen LogP contribution is 2.13. The average molecular weight is 352 g/mol. The first-order chi connectivity index (χ1) is 12.7. The van der Waals surface area contributed by atoms with Gasteiger partial charge in [-0.25, -0.2) is 0 Å². The van der Waals surface area contributed by atoms with Crippen LogP contribution in [0.4, 0.5) is 0 Å². The second-order valence-electron chi connectivity index (χ2n) is 6.55. The molecule has 1 aliphatic heterocycles. The van der Waals surface area contributed by atoms with E-state index in [2.05, 4.69) is 32.7 Å². The smallest absolute Gasteiger partial charge is 0.309 e. The number of hydrogen-bond donors (Lipinski definition) is 2. The third-order valence-corrected chi connectivity index (χ3v) is 4.58. The van der Waals surface area contributed by atoms with E-state index in [1.165, 1.54) is 5.56 Å². The normalized spacial score (nSPS) is 15.4. The Bertz CT molecular complexity index is 713. The van der Waals surface area contributed by atoms with Gasteiger partial charge in [-0.15, -0.1) is 0 Å². The molecule has 0 aliphatic carbocycles. The first-order valence-electron chi connectivity index (χ1n) is 8.94. The molecule has 1 aromatic carbocycles. The Hall–Kier alpha value is -2.73. The lowest BCUT2D eigenvalue weighted by Crippen LogP contribution is -2.48.